The molecule has 1 aromatic carbocycles. The van der Waals surface area contributed by atoms with E-state index < -0.39 is 10.0 Å². The van der Waals surface area contributed by atoms with Gasteiger partial charge in [-0.3, -0.25) is 0 Å². The Morgan fingerprint density at radius 1 is 1.25 bits per heavy atom. The molecule has 1 rings (SSSR count). The first-order chi connectivity index (χ1) is 9.47. The second-order valence-corrected chi connectivity index (χ2v) is 6.19. The molecule has 1 N–H and O–H groups in total. The van der Waals surface area contributed by atoms with Gasteiger partial charge in [-0.25, -0.2) is 8.42 Å². The largest absolute Gasteiger partial charge is 0.496 e. The summed E-state index contributed by atoms with van der Waals surface area (Å²) in [7, 11) is -0.609. The molecule has 0 aromatic heterocycles. The summed E-state index contributed by atoms with van der Waals surface area (Å²) < 4.78 is 36.2. The number of aryl methyl sites for hydroxylation is 1. The molecule has 0 aliphatic heterocycles. The maximum atomic E-state index is 12.5. The molecule has 1 aromatic rings. The molecule has 6 nitrogen and oxygen atoms in total. The fourth-order valence-corrected chi connectivity index (χ4v) is 3.32. The van der Waals surface area contributed by atoms with Crippen molar-refractivity contribution in [2.24, 2.45) is 0 Å². The lowest BCUT2D eigenvalue weighted by Crippen LogP contribution is -2.36. The third kappa shape index (κ3) is 3.92. The van der Waals surface area contributed by atoms with Crippen molar-refractivity contribution in [2.45, 2.75) is 11.8 Å². The number of aliphatic hydroxyl groups is 1. The van der Waals surface area contributed by atoms with Crippen LogP contribution in [0.2, 0.25) is 0 Å². The van der Waals surface area contributed by atoms with Gasteiger partial charge in [0.05, 0.1) is 25.2 Å². The highest BCUT2D eigenvalue weighted by atomic mass is 32.2. The predicted octanol–water partition coefficient (Wildman–Crippen LogP) is 0.633. The normalized spacial score (nSPS) is 11.8. The van der Waals surface area contributed by atoms with Crippen molar-refractivity contribution in [3.8, 4) is 5.75 Å². The van der Waals surface area contributed by atoms with Crippen LogP contribution in [0.25, 0.3) is 0 Å². The lowest BCUT2D eigenvalue weighted by Gasteiger charge is -2.21. The van der Waals surface area contributed by atoms with Crippen LogP contribution >= 0.6 is 0 Å². The van der Waals surface area contributed by atoms with E-state index in [9.17, 15) is 8.42 Å². The predicted molar refractivity (Wildman–Crippen MR) is 75.5 cm³/mol. The van der Waals surface area contributed by atoms with Gasteiger partial charge < -0.3 is 14.6 Å². The van der Waals surface area contributed by atoms with Crippen LogP contribution in [0.4, 0.5) is 0 Å². The lowest BCUT2D eigenvalue weighted by molar-refractivity contribution is 0.168. The number of hydrogen-bond acceptors (Lipinski definition) is 5. The Hall–Kier alpha value is -1.15. The summed E-state index contributed by atoms with van der Waals surface area (Å²) in [5, 5.41) is 9.02. The Kier molecular flexibility index (Phi) is 6.41. The third-order valence-corrected chi connectivity index (χ3v) is 4.79. The van der Waals surface area contributed by atoms with E-state index in [2.05, 4.69) is 0 Å². The first kappa shape index (κ1) is 16.9. The summed E-state index contributed by atoms with van der Waals surface area (Å²) in [4.78, 5) is 0.181. The van der Waals surface area contributed by atoms with Crippen LogP contribution in [0.15, 0.2) is 23.1 Å². The second-order valence-electron chi connectivity index (χ2n) is 4.25. The van der Waals surface area contributed by atoms with E-state index in [-0.39, 0.29) is 31.2 Å². The molecule has 0 fully saturated rings. The van der Waals surface area contributed by atoms with Crippen molar-refractivity contribution >= 4 is 10.0 Å². The van der Waals surface area contributed by atoms with E-state index in [0.717, 1.165) is 5.56 Å². The van der Waals surface area contributed by atoms with Gasteiger partial charge in [-0.2, -0.15) is 4.31 Å². The molecule has 0 amide bonds. The number of benzene rings is 1. The van der Waals surface area contributed by atoms with E-state index in [0.29, 0.717) is 5.75 Å². The molecule has 0 spiro atoms. The average molecular weight is 303 g/mol. The Labute approximate surface area is 120 Å². The Bertz CT molecular complexity index is 530. The van der Waals surface area contributed by atoms with E-state index >= 15 is 0 Å². The fourth-order valence-electron chi connectivity index (χ4n) is 1.82. The first-order valence-corrected chi connectivity index (χ1v) is 7.66. The number of aliphatic hydroxyl groups excluding tert-OH is 1. The summed E-state index contributed by atoms with van der Waals surface area (Å²) in [6, 6.07) is 4.68. The van der Waals surface area contributed by atoms with Crippen LogP contribution in [-0.4, -0.2) is 58.4 Å². The second kappa shape index (κ2) is 7.58. The van der Waals surface area contributed by atoms with E-state index in [1.54, 1.807) is 19.1 Å². The van der Waals surface area contributed by atoms with Crippen molar-refractivity contribution in [1.82, 2.24) is 4.31 Å². The Morgan fingerprint density at radius 3 is 2.45 bits per heavy atom. The van der Waals surface area contributed by atoms with Gasteiger partial charge in [0.2, 0.25) is 10.0 Å². The summed E-state index contributed by atoms with van der Waals surface area (Å²) in [6.45, 7) is 2.05. The minimum atomic E-state index is -3.65. The molecule has 0 aliphatic carbocycles. The van der Waals surface area contributed by atoms with Crippen molar-refractivity contribution < 1.29 is 23.0 Å². The first-order valence-electron chi connectivity index (χ1n) is 6.22. The van der Waals surface area contributed by atoms with Gasteiger partial charge >= 0.3 is 0 Å². The molecule has 0 bridgehead atoms. The van der Waals surface area contributed by atoms with Crippen LogP contribution in [0.5, 0.6) is 5.75 Å². The summed E-state index contributed by atoms with van der Waals surface area (Å²) >= 11 is 0. The van der Waals surface area contributed by atoms with Gasteiger partial charge in [0.15, 0.2) is 0 Å². The zero-order chi connectivity index (χ0) is 15.2. The quantitative estimate of drug-likeness (QED) is 0.762. The third-order valence-electron chi connectivity index (χ3n) is 2.90. The van der Waals surface area contributed by atoms with Crippen LogP contribution in [0, 0.1) is 6.92 Å². The number of rotatable bonds is 8. The smallest absolute Gasteiger partial charge is 0.243 e. The molecular formula is C13H21NO5S. The zero-order valence-electron chi connectivity index (χ0n) is 12.0. The number of hydrogen-bond donors (Lipinski definition) is 1. The van der Waals surface area contributed by atoms with Crippen LogP contribution < -0.4 is 4.74 Å². The van der Waals surface area contributed by atoms with Crippen LogP contribution in [0.3, 0.4) is 0 Å². The van der Waals surface area contributed by atoms with Crippen molar-refractivity contribution in [1.29, 1.82) is 0 Å². The van der Waals surface area contributed by atoms with Crippen molar-refractivity contribution in [3.05, 3.63) is 23.8 Å². The molecule has 0 aliphatic rings. The fraction of sp³-hybridized carbons (Fsp3) is 0.538. The monoisotopic (exact) mass is 303 g/mol. The highest BCUT2D eigenvalue weighted by molar-refractivity contribution is 7.89. The SMILES string of the molecule is COCCN(CCO)S(=O)(=O)c1ccc(OC)c(C)c1. The molecule has 0 saturated carbocycles. The van der Waals surface area contributed by atoms with Gasteiger partial charge in [-0.15, -0.1) is 0 Å². The molecule has 0 atom stereocenters. The molecule has 20 heavy (non-hydrogen) atoms. The average Bonchev–Trinajstić information content (AvgIpc) is 2.43. The number of nitrogens with zero attached hydrogens (tertiary/aromatic N) is 1. The molecule has 114 valence electrons. The lowest BCUT2D eigenvalue weighted by atomic mass is 10.2. The van der Waals surface area contributed by atoms with Gasteiger partial charge in [-0.05, 0) is 30.7 Å². The maximum Gasteiger partial charge on any atom is 0.243 e. The minimum absolute atomic E-state index is 0.0385. The summed E-state index contributed by atoms with van der Waals surface area (Å²) in [5.41, 5.74) is 0.740. The van der Waals surface area contributed by atoms with E-state index in [1.165, 1.54) is 24.6 Å². The van der Waals surface area contributed by atoms with E-state index in [4.69, 9.17) is 14.6 Å². The minimum Gasteiger partial charge on any atom is -0.496 e. The zero-order valence-corrected chi connectivity index (χ0v) is 12.8. The molecular weight excluding hydrogens is 282 g/mol. The summed E-state index contributed by atoms with van der Waals surface area (Å²) in [5.74, 6) is 0.634. The molecule has 0 saturated heterocycles. The Morgan fingerprint density at radius 2 is 1.95 bits per heavy atom. The molecule has 0 unspecified atom stereocenters. The highest BCUT2D eigenvalue weighted by Crippen LogP contribution is 2.23. The van der Waals surface area contributed by atoms with Crippen molar-refractivity contribution in [2.75, 3.05) is 40.5 Å². The van der Waals surface area contributed by atoms with Gasteiger partial charge in [0.1, 0.15) is 5.75 Å². The highest BCUT2D eigenvalue weighted by Gasteiger charge is 2.24. The van der Waals surface area contributed by atoms with Crippen LogP contribution in [-0.2, 0) is 14.8 Å². The van der Waals surface area contributed by atoms with E-state index in [1.807, 2.05) is 0 Å². The number of sulfonamides is 1. The van der Waals surface area contributed by atoms with Gasteiger partial charge in [-0.1, -0.05) is 0 Å². The standard InChI is InChI=1S/C13H21NO5S/c1-11-10-12(4-5-13(11)19-3)20(16,17)14(6-8-15)7-9-18-2/h4-5,10,15H,6-9H2,1-3H3. The number of ether oxygens (including phenoxy) is 2. The number of methoxy groups -OCH3 is 2. The molecule has 0 radical (unpaired) electrons. The molecule has 0 heterocycles. The van der Waals surface area contributed by atoms with Crippen molar-refractivity contribution in [3.63, 3.8) is 0 Å². The van der Waals surface area contributed by atoms with Gasteiger partial charge in [0.25, 0.3) is 0 Å². The Balaban J connectivity index is 3.08. The topological polar surface area (TPSA) is 76.1 Å². The van der Waals surface area contributed by atoms with Crippen LogP contribution in [0.1, 0.15) is 5.56 Å². The molecule has 7 heteroatoms. The van der Waals surface area contributed by atoms with Gasteiger partial charge in [0, 0.05) is 20.2 Å². The maximum absolute atomic E-state index is 12.5. The summed E-state index contributed by atoms with van der Waals surface area (Å²) in [6.07, 6.45) is 0.